The number of aromatic nitrogens is 1. The lowest BCUT2D eigenvalue weighted by atomic mass is 9.96. The van der Waals surface area contributed by atoms with E-state index >= 15 is 0 Å². The van der Waals surface area contributed by atoms with Crippen LogP contribution in [-0.4, -0.2) is 16.8 Å². The second-order valence-corrected chi connectivity index (χ2v) is 8.08. The number of rotatable bonds is 7. The SMILES string of the molecule is O=C(Cc1ccc(NC(=O)c2cc(C(F)(F)F)ccc2-c2ccccc2)cc1)NCc1ccncc1. The number of anilines is 1. The van der Waals surface area contributed by atoms with Crippen LogP contribution in [0.25, 0.3) is 11.1 Å². The van der Waals surface area contributed by atoms with Crippen molar-refractivity contribution in [1.29, 1.82) is 0 Å². The minimum Gasteiger partial charge on any atom is -0.352 e. The van der Waals surface area contributed by atoms with Gasteiger partial charge in [-0.25, -0.2) is 0 Å². The van der Waals surface area contributed by atoms with Crippen LogP contribution in [0.15, 0.2) is 97.3 Å². The van der Waals surface area contributed by atoms with E-state index in [-0.39, 0.29) is 17.9 Å². The third-order valence-corrected chi connectivity index (χ3v) is 5.49. The highest BCUT2D eigenvalue weighted by molar-refractivity contribution is 6.09. The van der Waals surface area contributed by atoms with Crippen LogP contribution in [0.5, 0.6) is 0 Å². The fourth-order valence-corrected chi connectivity index (χ4v) is 3.63. The summed E-state index contributed by atoms with van der Waals surface area (Å²) in [4.78, 5) is 29.2. The Morgan fingerprint density at radius 3 is 2.17 bits per heavy atom. The molecule has 0 saturated heterocycles. The van der Waals surface area contributed by atoms with E-state index in [9.17, 15) is 22.8 Å². The van der Waals surface area contributed by atoms with Gasteiger partial charge in [-0.3, -0.25) is 14.6 Å². The zero-order valence-electron chi connectivity index (χ0n) is 19.0. The number of pyridine rings is 1. The molecule has 2 amide bonds. The highest BCUT2D eigenvalue weighted by atomic mass is 19.4. The first-order valence-corrected chi connectivity index (χ1v) is 11.1. The number of hydrogen-bond acceptors (Lipinski definition) is 3. The molecule has 36 heavy (non-hydrogen) atoms. The van der Waals surface area contributed by atoms with E-state index < -0.39 is 17.6 Å². The van der Waals surface area contributed by atoms with E-state index in [1.54, 1.807) is 67.0 Å². The Kier molecular flexibility index (Phi) is 7.44. The summed E-state index contributed by atoms with van der Waals surface area (Å²) in [6, 6.07) is 22.1. The van der Waals surface area contributed by atoms with Gasteiger partial charge in [-0.05, 0) is 58.7 Å². The number of benzene rings is 3. The van der Waals surface area contributed by atoms with Crippen molar-refractivity contribution in [3.63, 3.8) is 0 Å². The van der Waals surface area contributed by atoms with Gasteiger partial charge in [0.1, 0.15) is 0 Å². The van der Waals surface area contributed by atoms with Crippen LogP contribution in [0.2, 0.25) is 0 Å². The van der Waals surface area contributed by atoms with Crippen LogP contribution in [0.3, 0.4) is 0 Å². The Labute approximate surface area is 206 Å². The predicted molar refractivity (Wildman–Crippen MR) is 131 cm³/mol. The molecule has 0 saturated carbocycles. The summed E-state index contributed by atoms with van der Waals surface area (Å²) in [5.41, 5.74) is 2.09. The van der Waals surface area contributed by atoms with E-state index in [0.717, 1.165) is 23.3 Å². The van der Waals surface area contributed by atoms with Crippen molar-refractivity contribution in [2.75, 3.05) is 5.32 Å². The quantitative estimate of drug-likeness (QED) is 0.341. The number of nitrogens with one attached hydrogen (secondary N) is 2. The van der Waals surface area contributed by atoms with Crippen LogP contribution in [0, 0.1) is 0 Å². The van der Waals surface area contributed by atoms with Crippen LogP contribution in [0.1, 0.15) is 27.0 Å². The van der Waals surface area contributed by atoms with Crippen LogP contribution < -0.4 is 10.6 Å². The minimum atomic E-state index is -4.58. The lowest BCUT2D eigenvalue weighted by Gasteiger charge is -2.14. The molecule has 0 unspecified atom stereocenters. The molecule has 0 atom stereocenters. The molecule has 4 aromatic rings. The first-order valence-electron chi connectivity index (χ1n) is 11.1. The van der Waals surface area contributed by atoms with Crippen molar-refractivity contribution in [3.05, 3.63) is 120 Å². The number of amides is 2. The van der Waals surface area contributed by atoms with E-state index in [4.69, 9.17) is 0 Å². The van der Waals surface area contributed by atoms with Crippen molar-refractivity contribution >= 4 is 17.5 Å². The van der Waals surface area contributed by atoms with Gasteiger partial charge >= 0.3 is 6.18 Å². The lowest BCUT2D eigenvalue weighted by Crippen LogP contribution is -2.24. The maximum atomic E-state index is 13.3. The molecule has 1 aromatic heterocycles. The van der Waals surface area contributed by atoms with Crippen LogP contribution in [-0.2, 0) is 23.9 Å². The van der Waals surface area contributed by atoms with Gasteiger partial charge < -0.3 is 10.6 Å². The van der Waals surface area contributed by atoms with Gasteiger partial charge in [-0.1, -0.05) is 48.5 Å². The molecule has 5 nitrogen and oxygen atoms in total. The lowest BCUT2D eigenvalue weighted by molar-refractivity contribution is -0.137. The molecule has 3 aromatic carbocycles. The normalized spacial score (nSPS) is 11.1. The third kappa shape index (κ3) is 6.35. The predicted octanol–water partition coefficient (Wildman–Crippen LogP) is 5.88. The maximum absolute atomic E-state index is 13.3. The number of alkyl halides is 3. The maximum Gasteiger partial charge on any atom is 0.416 e. The molecule has 0 spiro atoms. The van der Waals surface area contributed by atoms with Gasteiger partial charge in [0.25, 0.3) is 5.91 Å². The van der Waals surface area contributed by atoms with E-state index in [0.29, 0.717) is 23.4 Å². The fraction of sp³-hybridized carbons (Fsp3) is 0.107. The molecule has 0 fully saturated rings. The Balaban J connectivity index is 1.46. The molecule has 4 rings (SSSR count). The van der Waals surface area contributed by atoms with Crippen LogP contribution in [0.4, 0.5) is 18.9 Å². The largest absolute Gasteiger partial charge is 0.416 e. The molecule has 0 aliphatic carbocycles. The first-order chi connectivity index (χ1) is 17.3. The van der Waals surface area contributed by atoms with Crippen LogP contribution >= 0.6 is 0 Å². The minimum absolute atomic E-state index is 0.0874. The number of hydrogen-bond donors (Lipinski definition) is 2. The molecule has 0 aliphatic heterocycles. The molecule has 182 valence electrons. The molecule has 0 aliphatic rings. The molecule has 8 heteroatoms. The third-order valence-electron chi connectivity index (χ3n) is 5.49. The van der Waals surface area contributed by atoms with Gasteiger partial charge in [-0.2, -0.15) is 13.2 Å². The molecular formula is C28H22F3N3O2. The number of halogens is 3. The van der Waals surface area contributed by atoms with Gasteiger partial charge in [0.2, 0.25) is 5.91 Å². The first kappa shape index (κ1) is 24.7. The summed E-state index contributed by atoms with van der Waals surface area (Å²) in [5.74, 6) is -0.831. The van der Waals surface area contributed by atoms with E-state index in [1.807, 2.05) is 12.1 Å². The topological polar surface area (TPSA) is 71.1 Å². The van der Waals surface area contributed by atoms with Crippen molar-refractivity contribution < 1.29 is 22.8 Å². The van der Waals surface area contributed by atoms with Gasteiger partial charge in [0.05, 0.1) is 12.0 Å². The molecule has 1 heterocycles. The average Bonchev–Trinajstić information content (AvgIpc) is 2.89. The van der Waals surface area contributed by atoms with Crippen molar-refractivity contribution in [3.8, 4) is 11.1 Å². The summed E-state index contributed by atoms with van der Waals surface area (Å²) in [5, 5.41) is 5.49. The summed E-state index contributed by atoms with van der Waals surface area (Å²) >= 11 is 0. The Bertz CT molecular complexity index is 1340. The Morgan fingerprint density at radius 2 is 1.50 bits per heavy atom. The molecular weight excluding hydrogens is 467 g/mol. The zero-order valence-corrected chi connectivity index (χ0v) is 19.0. The average molecular weight is 489 g/mol. The fourth-order valence-electron chi connectivity index (χ4n) is 3.63. The van der Waals surface area contributed by atoms with Gasteiger partial charge in [0.15, 0.2) is 0 Å². The molecule has 2 N–H and O–H groups in total. The van der Waals surface area contributed by atoms with Gasteiger partial charge in [-0.15, -0.1) is 0 Å². The standard InChI is InChI=1S/C28H22F3N3O2/c29-28(30,31)22-8-11-24(21-4-2-1-3-5-21)25(17-22)27(36)34-23-9-6-19(7-10-23)16-26(35)33-18-20-12-14-32-15-13-20/h1-15,17H,16,18H2,(H,33,35)(H,34,36). The number of carbonyl (C=O) groups is 2. The molecule has 0 radical (unpaired) electrons. The van der Waals surface area contributed by atoms with Gasteiger partial charge in [0, 0.05) is 30.2 Å². The Morgan fingerprint density at radius 1 is 0.806 bits per heavy atom. The smallest absolute Gasteiger partial charge is 0.352 e. The highest BCUT2D eigenvalue weighted by Gasteiger charge is 2.32. The monoisotopic (exact) mass is 489 g/mol. The summed E-state index contributed by atoms with van der Waals surface area (Å²) in [6.45, 7) is 0.385. The summed E-state index contributed by atoms with van der Waals surface area (Å²) < 4.78 is 40.0. The highest BCUT2D eigenvalue weighted by Crippen LogP contribution is 2.33. The number of carbonyl (C=O) groups excluding carboxylic acids is 2. The van der Waals surface area contributed by atoms with E-state index in [2.05, 4.69) is 15.6 Å². The Hall–Kier alpha value is -4.46. The molecule has 0 bridgehead atoms. The van der Waals surface area contributed by atoms with Crippen molar-refractivity contribution in [2.45, 2.75) is 19.1 Å². The van der Waals surface area contributed by atoms with E-state index in [1.165, 1.54) is 6.07 Å². The number of nitrogens with zero attached hydrogens (tertiary/aromatic N) is 1. The van der Waals surface area contributed by atoms with Crippen molar-refractivity contribution in [2.24, 2.45) is 0 Å². The summed E-state index contributed by atoms with van der Waals surface area (Å²) in [6.07, 6.45) is -1.14. The summed E-state index contributed by atoms with van der Waals surface area (Å²) in [7, 11) is 0. The second kappa shape index (κ2) is 10.9. The van der Waals surface area contributed by atoms with Crippen molar-refractivity contribution in [1.82, 2.24) is 10.3 Å². The second-order valence-electron chi connectivity index (χ2n) is 8.08. The zero-order chi connectivity index (χ0) is 25.5.